The number of nitrogens with zero attached hydrogens (tertiary/aromatic N) is 3. The van der Waals surface area contributed by atoms with Crippen LogP contribution in [0.5, 0.6) is 0 Å². The number of aliphatic hydroxyl groups is 1. The second-order valence-electron chi connectivity index (χ2n) is 10.9. The van der Waals surface area contributed by atoms with E-state index in [4.69, 9.17) is 4.74 Å². The Bertz CT molecular complexity index is 1740. The molecule has 0 aliphatic carbocycles. The molecule has 0 spiro atoms. The number of nitrogens with one attached hydrogen (secondary N) is 2. The van der Waals surface area contributed by atoms with Crippen molar-refractivity contribution in [1.29, 1.82) is 0 Å². The number of hydrogen-bond acceptors (Lipinski definition) is 9. The molecule has 3 N–H and O–H groups in total. The van der Waals surface area contributed by atoms with E-state index in [-0.39, 0.29) is 18.8 Å². The minimum Gasteiger partial charge on any atom is -0.445 e. The molecule has 226 valence electrons. The molecule has 0 saturated heterocycles. The third kappa shape index (κ3) is 7.51. The molecule has 12 heteroatoms. The number of benzene rings is 2. The zero-order valence-corrected chi connectivity index (χ0v) is 25.8. The highest BCUT2D eigenvalue weighted by atomic mass is 32.1. The van der Waals surface area contributed by atoms with Gasteiger partial charge in [0.05, 0.1) is 29.0 Å². The predicted molar refractivity (Wildman–Crippen MR) is 168 cm³/mol. The smallest absolute Gasteiger partial charge is 0.408 e. The maximum atomic E-state index is 13.7. The number of amides is 2. The normalized spacial score (nSPS) is 12.8. The molecule has 0 aliphatic heterocycles. The van der Waals surface area contributed by atoms with E-state index in [1.807, 2.05) is 35.7 Å². The van der Waals surface area contributed by atoms with E-state index < -0.39 is 29.0 Å². The number of rotatable bonds is 10. The van der Waals surface area contributed by atoms with Crippen LogP contribution in [0.25, 0.3) is 22.6 Å². The lowest BCUT2D eigenvalue weighted by atomic mass is 9.89. The Morgan fingerprint density at radius 1 is 0.977 bits per heavy atom. The molecule has 9 nitrogen and oxygen atoms in total. The zero-order chi connectivity index (χ0) is 31.3. The third-order valence-electron chi connectivity index (χ3n) is 6.89. The molecule has 0 radical (unpaired) electrons. The topological polar surface area (TPSA) is 126 Å². The second kappa shape index (κ2) is 13.0. The average molecular weight is 632 g/mol. The number of pyridine rings is 1. The van der Waals surface area contributed by atoms with E-state index >= 15 is 0 Å². The lowest BCUT2D eigenvalue weighted by Crippen LogP contribution is -2.42. The molecule has 1 unspecified atom stereocenters. The minimum absolute atomic E-state index is 0.102. The fourth-order valence-electron chi connectivity index (χ4n) is 4.29. The van der Waals surface area contributed by atoms with Crippen molar-refractivity contribution in [2.24, 2.45) is 0 Å². The van der Waals surface area contributed by atoms with Crippen LogP contribution in [0, 0.1) is 5.82 Å². The van der Waals surface area contributed by atoms with E-state index in [9.17, 15) is 19.1 Å². The maximum absolute atomic E-state index is 13.7. The number of ether oxygens (including phenoxy) is 1. The summed E-state index contributed by atoms with van der Waals surface area (Å²) >= 11 is 2.47. The number of hydrogen-bond donors (Lipinski definition) is 3. The van der Waals surface area contributed by atoms with Crippen LogP contribution in [0.15, 0.2) is 83.7 Å². The SMILES string of the molecule is CC(O)(CNC(=O)c1cc(-c2cscn2)ns1)c1cc(C(C)(C)NC(=O)OCc2ccccc2)cc(-c2ccc(F)cc2)n1. The molecule has 3 aromatic heterocycles. The van der Waals surface area contributed by atoms with Crippen LogP contribution in [0.1, 0.15) is 47.3 Å². The molecule has 0 aliphatic rings. The van der Waals surface area contributed by atoms with Crippen LogP contribution in [0.4, 0.5) is 9.18 Å². The Morgan fingerprint density at radius 2 is 1.73 bits per heavy atom. The van der Waals surface area contributed by atoms with Gasteiger partial charge in [0.1, 0.15) is 34.3 Å². The van der Waals surface area contributed by atoms with Crippen molar-refractivity contribution in [2.45, 2.75) is 38.5 Å². The van der Waals surface area contributed by atoms with Crippen molar-refractivity contribution in [3.63, 3.8) is 0 Å². The molecule has 5 aromatic rings. The first kappa shape index (κ1) is 30.9. The summed E-state index contributed by atoms with van der Waals surface area (Å²) in [4.78, 5) is 35.0. The Kier molecular flexibility index (Phi) is 9.14. The molecule has 0 bridgehead atoms. The number of carbonyl (C=O) groups excluding carboxylic acids is 2. The van der Waals surface area contributed by atoms with Crippen LogP contribution >= 0.6 is 22.9 Å². The minimum atomic E-state index is -1.62. The average Bonchev–Trinajstić information content (AvgIpc) is 3.72. The van der Waals surface area contributed by atoms with E-state index in [1.54, 1.807) is 49.7 Å². The maximum Gasteiger partial charge on any atom is 0.408 e. The summed E-state index contributed by atoms with van der Waals surface area (Å²) in [7, 11) is 0. The first-order chi connectivity index (χ1) is 21.0. The molecular weight excluding hydrogens is 602 g/mol. The molecule has 1 atom stereocenters. The molecule has 3 heterocycles. The summed E-state index contributed by atoms with van der Waals surface area (Å²) in [5, 5.41) is 19.1. The van der Waals surface area contributed by atoms with Crippen LogP contribution < -0.4 is 10.6 Å². The molecule has 5 rings (SSSR count). The van der Waals surface area contributed by atoms with E-state index in [1.165, 1.54) is 30.4 Å². The van der Waals surface area contributed by atoms with Gasteiger partial charge in [-0.25, -0.2) is 19.2 Å². The summed E-state index contributed by atoms with van der Waals surface area (Å²) in [6.45, 7) is 5.07. The fraction of sp³-hybridized carbons (Fsp3) is 0.219. The van der Waals surface area contributed by atoms with Gasteiger partial charge in [-0.2, -0.15) is 4.37 Å². The number of carbonyl (C=O) groups is 2. The van der Waals surface area contributed by atoms with Gasteiger partial charge in [0.15, 0.2) is 0 Å². The monoisotopic (exact) mass is 631 g/mol. The molecule has 2 amide bonds. The van der Waals surface area contributed by atoms with Crippen LogP contribution in [0.3, 0.4) is 0 Å². The highest BCUT2D eigenvalue weighted by molar-refractivity contribution is 7.08. The summed E-state index contributed by atoms with van der Waals surface area (Å²) in [5.74, 6) is -0.800. The van der Waals surface area contributed by atoms with Gasteiger partial charge in [-0.1, -0.05) is 30.3 Å². The first-order valence-corrected chi connectivity index (χ1v) is 15.4. The molecule has 0 fully saturated rings. The number of alkyl carbamates (subject to hydrolysis) is 1. The standard InChI is InChI=1S/C32H30FN5O4S2/c1-31(2,37-30(40)42-16-20-7-5-4-6-8-20)22-13-24(21-9-11-23(33)12-10-21)36-28(14-22)32(3,41)18-34-29(39)27-15-25(38-44-27)26-17-43-19-35-26/h4-15,17,19,41H,16,18H2,1-3H3,(H,34,39)(H,37,40). The lowest BCUT2D eigenvalue weighted by molar-refractivity contribution is 0.0489. The number of halogens is 1. The Labute approximate surface area is 262 Å². The first-order valence-electron chi connectivity index (χ1n) is 13.6. The lowest BCUT2D eigenvalue weighted by Gasteiger charge is -2.30. The van der Waals surface area contributed by atoms with E-state index in [0.29, 0.717) is 33.1 Å². The van der Waals surface area contributed by atoms with Gasteiger partial charge in [-0.05, 0) is 85.9 Å². The Morgan fingerprint density at radius 3 is 2.43 bits per heavy atom. The van der Waals surface area contributed by atoms with Gasteiger partial charge in [-0.3, -0.25) is 4.79 Å². The second-order valence-corrected chi connectivity index (χ2v) is 12.4. The van der Waals surface area contributed by atoms with Crippen molar-refractivity contribution in [3.8, 4) is 22.6 Å². The summed E-state index contributed by atoms with van der Waals surface area (Å²) in [5.41, 5.74) is 3.16. The van der Waals surface area contributed by atoms with Crippen molar-refractivity contribution >= 4 is 34.9 Å². The van der Waals surface area contributed by atoms with Crippen LogP contribution in [-0.2, 0) is 22.5 Å². The van der Waals surface area contributed by atoms with Crippen molar-refractivity contribution < 1.29 is 23.8 Å². The molecule has 44 heavy (non-hydrogen) atoms. The van der Waals surface area contributed by atoms with E-state index in [0.717, 1.165) is 17.1 Å². The van der Waals surface area contributed by atoms with Gasteiger partial charge < -0.3 is 20.5 Å². The van der Waals surface area contributed by atoms with Crippen molar-refractivity contribution in [2.75, 3.05) is 6.54 Å². The van der Waals surface area contributed by atoms with Gasteiger partial charge in [0.2, 0.25) is 0 Å². The quantitative estimate of drug-likeness (QED) is 0.166. The van der Waals surface area contributed by atoms with E-state index in [2.05, 4.69) is 25.0 Å². The summed E-state index contributed by atoms with van der Waals surface area (Å²) in [6, 6.07) is 20.2. The zero-order valence-electron chi connectivity index (χ0n) is 24.2. The van der Waals surface area contributed by atoms with Crippen LogP contribution in [-0.4, -0.2) is 38.0 Å². The van der Waals surface area contributed by atoms with Gasteiger partial charge in [-0.15, -0.1) is 11.3 Å². The molecule has 0 saturated carbocycles. The largest absolute Gasteiger partial charge is 0.445 e. The van der Waals surface area contributed by atoms with Gasteiger partial charge in [0.25, 0.3) is 5.91 Å². The molecule has 2 aromatic carbocycles. The highest BCUT2D eigenvalue weighted by Gasteiger charge is 2.31. The predicted octanol–water partition coefficient (Wildman–Crippen LogP) is 6.27. The van der Waals surface area contributed by atoms with Gasteiger partial charge in [0, 0.05) is 10.9 Å². The fourth-order valence-corrected chi connectivity index (χ4v) is 5.50. The highest BCUT2D eigenvalue weighted by Crippen LogP contribution is 2.31. The summed E-state index contributed by atoms with van der Waals surface area (Å²) < 4.78 is 23.4. The Hall–Kier alpha value is -4.52. The molecular formula is C32H30FN5O4S2. The Balaban J connectivity index is 1.37. The third-order valence-corrected chi connectivity index (χ3v) is 8.26. The summed E-state index contributed by atoms with van der Waals surface area (Å²) in [6.07, 6.45) is -0.624. The number of thiazole rings is 1. The van der Waals surface area contributed by atoms with Crippen molar-refractivity contribution in [1.82, 2.24) is 25.0 Å². The van der Waals surface area contributed by atoms with Gasteiger partial charge >= 0.3 is 6.09 Å². The number of aromatic nitrogens is 3. The van der Waals surface area contributed by atoms with Crippen LogP contribution in [0.2, 0.25) is 0 Å². The van der Waals surface area contributed by atoms with Crippen molar-refractivity contribution in [3.05, 3.63) is 111 Å².